The summed E-state index contributed by atoms with van der Waals surface area (Å²) in [6, 6.07) is 7.76. The molecule has 3 nitrogen and oxygen atoms in total. The number of hydrogen-bond donors (Lipinski definition) is 0. The van der Waals surface area contributed by atoms with E-state index in [1.165, 1.54) is 0 Å². The standard InChI is InChI=1S/C11H11ClN2O.Li.H/c1-8(6-7-15)14-10-5-3-2-4-9(10)13-11(14)12;;/h2-5,7-8H,6H2,1H3;;/q;+1;-1. The van der Waals surface area contributed by atoms with Crippen molar-refractivity contribution in [2.24, 2.45) is 0 Å². The molecule has 0 bridgehead atoms. The van der Waals surface area contributed by atoms with Crippen LogP contribution < -0.4 is 18.9 Å². The number of rotatable bonds is 3. The van der Waals surface area contributed by atoms with Crippen LogP contribution in [0.4, 0.5) is 0 Å². The topological polar surface area (TPSA) is 34.9 Å². The van der Waals surface area contributed by atoms with Gasteiger partial charge in [-0.15, -0.1) is 0 Å². The molecule has 1 aromatic heterocycles. The summed E-state index contributed by atoms with van der Waals surface area (Å²) in [4.78, 5) is 14.7. The first-order valence-electron chi connectivity index (χ1n) is 4.80. The second kappa shape index (κ2) is 5.54. The van der Waals surface area contributed by atoms with Crippen molar-refractivity contribution in [2.75, 3.05) is 0 Å². The van der Waals surface area contributed by atoms with Crippen molar-refractivity contribution in [3.63, 3.8) is 0 Å². The zero-order chi connectivity index (χ0) is 10.8. The summed E-state index contributed by atoms with van der Waals surface area (Å²) >= 11 is 6.03. The number of hydrogen-bond acceptors (Lipinski definition) is 2. The molecule has 1 unspecified atom stereocenters. The maximum atomic E-state index is 10.5. The van der Waals surface area contributed by atoms with Gasteiger partial charge in [-0.1, -0.05) is 12.1 Å². The number of aldehydes is 1. The Balaban J connectivity index is 0.00000128. The monoisotopic (exact) mass is 230 g/mol. The van der Waals surface area contributed by atoms with Crippen molar-refractivity contribution in [3.05, 3.63) is 29.5 Å². The van der Waals surface area contributed by atoms with Crippen LogP contribution in [0, 0.1) is 0 Å². The van der Waals surface area contributed by atoms with E-state index >= 15 is 0 Å². The Labute approximate surface area is 112 Å². The Kier molecular flexibility index (Phi) is 4.61. The van der Waals surface area contributed by atoms with Gasteiger partial charge in [0.2, 0.25) is 5.28 Å². The number of carbonyl (C=O) groups excluding carboxylic acids is 1. The zero-order valence-electron chi connectivity index (χ0n) is 10.4. The summed E-state index contributed by atoms with van der Waals surface area (Å²) in [5.41, 5.74) is 1.83. The Morgan fingerprint density at radius 2 is 2.25 bits per heavy atom. The first-order chi connectivity index (χ1) is 7.24. The van der Waals surface area contributed by atoms with Crippen LogP contribution in [0.25, 0.3) is 11.0 Å². The number of aromatic nitrogens is 2. The van der Waals surface area contributed by atoms with Crippen LogP contribution in [0.1, 0.15) is 20.8 Å². The van der Waals surface area contributed by atoms with E-state index in [0.717, 1.165) is 17.3 Å². The molecule has 2 rings (SSSR count). The summed E-state index contributed by atoms with van der Waals surface area (Å²) in [5.74, 6) is 0. The molecular formula is C11H12ClLiN2O. The molecule has 0 saturated carbocycles. The zero-order valence-corrected chi connectivity index (χ0v) is 10.1. The number of fused-ring (bicyclic) bond motifs is 1. The average molecular weight is 231 g/mol. The van der Waals surface area contributed by atoms with Crippen molar-refractivity contribution in [1.82, 2.24) is 9.55 Å². The summed E-state index contributed by atoms with van der Waals surface area (Å²) in [6.07, 6.45) is 1.34. The molecule has 2 aromatic rings. The Hall–Kier alpha value is -0.753. The van der Waals surface area contributed by atoms with E-state index in [2.05, 4.69) is 4.98 Å². The van der Waals surface area contributed by atoms with Gasteiger partial charge in [-0.2, -0.15) is 0 Å². The molecule has 0 aliphatic carbocycles. The summed E-state index contributed by atoms with van der Waals surface area (Å²) in [6.45, 7) is 1.95. The Morgan fingerprint density at radius 3 is 2.94 bits per heavy atom. The molecule has 0 fully saturated rings. The minimum Gasteiger partial charge on any atom is -1.00 e. The summed E-state index contributed by atoms with van der Waals surface area (Å²) in [5, 5.41) is 0.436. The predicted molar refractivity (Wildman–Crippen MR) is 61.2 cm³/mol. The molecule has 0 N–H and O–H groups in total. The molecule has 0 aliphatic rings. The molecular weight excluding hydrogens is 219 g/mol. The third kappa shape index (κ3) is 2.32. The number of nitrogens with zero attached hydrogens (tertiary/aromatic N) is 2. The van der Waals surface area contributed by atoms with Crippen molar-refractivity contribution in [1.29, 1.82) is 0 Å². The second-order valence-corrected chi connectivity index (χ2v) is 3.83. The number of imidazole rings is 1. The van der Waals surface area contributed by atoms with E-state index in [0.29, 0.717) is 11.7 Å². The molecule has 80 valence electrons. The smallest absolute Gasteiger partial charge is 1.00 e. The fourth-order valence-electron chi connectivity index (χ4n) is 1.68. The molecule has 0 radical (unpaired) electrons. The summed E-state index contributed by atoms with van der Waals surface area (Å²) < 4.78 is 1.88. The van der Waals surface area contributed by atoms with E-state index in [1.54, 1.807) is 0 Å². The van der Waals surface area contributed by atoms with Crippen LogP contribution in [0.3, 0.4) is 0 Å². The third-order valence-electron chi connectivity index (χ3n) is 2.43. The van der Waals surface area contributed by atoms with Crippen molar-refractivity contribution >= 4 is 28.9 Å². The van der Waals surface area contributed by atoms with Crippen LogP contribution in [0.5, 0.6) is 0 Å². The SMILES string of the molecule is CC(CC=O)n1c(Cl)nc2ccccc21.[H-].[Li+]. The normalized spacial score (nSPS) is 12.1. The molecule has 0 saturated heterocycles. The molecule has 0 spiro atoms. The van der Waals surface area contributed by atoms with Gasteiger partial charge in [-0.25, -0.2) is 4.98 Å². The van der Waals surface area contributed by atoms with Gasteiger partial charge in [-0.3, -0.25) is 0 Å². The van der Waals surface area contributed by atoms with E-state index < -0.39 is 0 Å². The van der Waals surface area contributed by atoms with Crippen molar-refractivity contribution < 1.29 is 25.1 Å². The van der Waals surface area contributed by atoms with Crippen LogP contribution in [-0.4, -0.2) is 15.8 Å². The van der Waals surface area contributed by atoms with Crippen molar-refractivity contribution in [2.45, 2.75) is 19.4 Å². The second-order valence-electron chi connectivity index (χ2n) is 3.49. The van der Waals surface area contributed by atoms with Crippen LogP contribution in [0.15, 0.2) is 24.3 Å². The molecule has 1 heterocycles. The van der Waals surface area contributed by atoms with E-state index in [4.69, 9.17) is 11.6 Å². The van der Waals surface area contributed by atoms with Gasteiger partial charge >= 0.3 is 18.9 Å². The minimum absolute atomic E-state index is 0. The minimum atomic E-state index is 0. The number of halogens is 1. The van der Waals surface area contributed by atoms with Crippen molar-refractivity contribution in [3.8, 4) is 0 Å². The van der Waals surface area contributed by atoms with Gasteiger partial charge in [0.1, 0.15) is 6.29 Å². The van der Waals surface area contributed by atoms with Gasteiger partial charge in [0.15, 0.2) is 0 Å². The fraction of sp³-hybridized carbons (Fsp3) is 0.273. The first-order valence-corrected chi connectivity index (χ1v) is 5.18. The molecule has 0 aliphatic heterocycles. The fourth-order valence-corrected chi connectivity index (χ4v) is 2.03. The van der Waals surface area contributed by atoms with Gasteiger partial charge in [0.25, 0.3) is 0 Å². The molecule has 1 atom stereocenters. The number of carbonyl (C=O) groups is 1. The Bertz CT molecular complexity index is 503. The van der Waals surface area contributed by atoms with Crippen LogP contribution >= 0.6 is 11.6 Å². The summed E-state index contributed by atoms with van der Waals surface area (Å²) in [7, 11) is 0. The number of para-hydroxylation sites is 2. The van der Waals surface area contributed by atoms with E-state index in [1.807, 2.05) is 35.8 Å². The maximum absolute atomic E-state index is 10.5. The molecule has 16 heavy (non-hydrogen) atoms. The third-order valence-corrected chi connectivity index (χ3v) is 2.70. The largest absolute Gasteiger partial charge is 1.00 e. The molecule has 5 heteroatoms. The molecule has 0 amide bonds. The number of benzene rings is 1. The first kappa shape index (κ1) is 13.3. The van der Waals surface area contributed by atoms with Gasteiger partial charge in [0.05, 0.1) is 11.0 Å². The average Bonchev–Trinajstić information content (AvgIpc) is 2.54. The van der Waals surface area contributed by atoms with E-state index in [9.17, 15) is 4.79 Å². The van der Waals surface area contributed by atoms with Gasteiger partial charge < -0.3 is 10.8 Å². The Morgan fingerprint density at radius 1 is 1.56 bits per heavy atom. The van der Waals surface area contributed by atoms with Gasteiger partial charge in [-0.05, 0) is 30.7 Å². The maximum Gasteiger partial charge on any atom is 1.00 e. The van der Waals surface area contributed by atoms with E-state index in [-0.39, 0.29) is 26.3 Å². The quantitative estimate of drug-likeness (QED) is 0.548. The van der Waals surface area contributed by atoms with Gasteiger partial charge in [0, 0.05) is 12.5 Å². The van der Waals surface area contributed by atoms with Crippen LogP contribution in [0.2, 0.25) is 5.28 Å². The molecule has 1 aromatic carbocycles. The van der Waals surface area contributed by atoms with Crippen LogP contribution in [-0.2, 0) is 4.79 Å². The predicted octanol–water partition coefficient (Wildman–Crippen LogP) is -0.0438.